The van der Waals surface area contributed by atoms with Crippen LogP contribution in [-0.2, 0) is 27.5 Å². The first-order valence-corrected chi connectivity index (χ1v) is 10.5. The van der Waals surface area contributed by atoms with E-state index in [4.69, 9.17) is 9.92 Å². The first-order valence-electron chi connectivity index (χ1n) is 9.06. The molecule has 7 nitrogen and oxygen atoms in total. The smallest absolute Gasteiger partial charge is 0.379 e. The summed E-state index contributed by atoms with van der Waals surface area (Å²) >= 11 is 0. The lowest BCUT2D eigenvalue weighted by Crippen LogP contribution is -2.19. The highest BCUT2D eigenvalue weighted by Crippen LogP contribution is 2.37. The largest absolute Gasteiger partial charge is 0.417 e. The standard InChI is InChI=1S/C20H15F3N2O5S/c21-20(22,23)16-9-18(26)25-17-6-3-12(8-15(16)17)31(28,29)30-11-2-5-13-10(7-11)1-4-14(13)19(24)27/h2-3,5-9,14H,1,4H2,(H2,24,27)(H,25,26). The summed E-state index contributed by atoms with van der Waals surface area (Å²) in [5.74, 6) is -0.972. The molecule has 11 heteroatoms. The van der Waals surface area contributed by atoms with E-state index in [1.807, 2.05) is 0 Å². The molecular formula is C20H15F3N2O5S. The van der Waals surface area contributed by atoms with Gasteiger partial charge < -0.3 is 14.9 Å². The van der Waals surface area contributed by atoms with Crippen LogP contribution in [-0.4, -0.2) is 19.3 Å². The minimum absolute atomic E-state index is 0.0403. The van der Waals surface area contributed by atoms with E-state index >= 15 is 0 Å². The molecule has 4 rings (SSSR count). The monoisotopic (exact) mass is 452 g/mol. The number of benzene rings is 2. The maximum absolute atomic E-state index is 13.3. The van der Waals surface area contributed by atoms with Crippen molar-refractivity contribution < 1.29 is 30.6 Å². The van der Waals surface area contributed by atoms with Gasteiger partial charge in [0.05, 0.1) is 11.5 Å². The molecule has 162 valence electrons. The summed E-state index contributed by atoms with van der Waals surface area (Å²) in [6.45, 7) is 0. The van der Waals surface area contributed by atoms with Gasteiger partial charge in [-0.05, 0) is 54.3 Å². The molecule has 3 aromatic rings. The Bertz CT molecular complexity index is 1380. The number of hydrogen-bond donors (Lipinski definition) is 2. The lowest BCUT2D eigenvalue weighted by atomic mass is 10.0. The molecule has 2 aromatic carbocycles. The molecule has 1 aliphatic rings. The normalized spacial score (nSPS) is 16.3. The Labute approximate surface area is 173 Å². The minimum atomic E-state index is -4.85. The molecule has 1 atom stereocenters. The van der Waals surface area contributed by atoms with Crippen LogP contribution >= 0.6 is 0 Å². The highest BCUT2D eigenvalue weighted by Gasteiger charge is 2.34. The molecule has 0 saturated heterocycles. The third-order valence-corrected chi connectivity index (χ3v) is 6.39. The molecule has 0 fully saturated rings. The van der Waals surface area contributed by atoms with Crippen LogP contribution in [0.2, 0.25) is 0 Å². The Kier molecular flexibility index (Phi) is 4.80. The minimum Gasteiger partial charge on any atom is -0.379 e. The highest BCUT2D eigenvalue weighted by molar-refractivity contribution is 7.87. The molecule has 0 aliphatic heterocycles. The van der Waals surface area contributed by atoms with Crippen molar-refractivity contribution in [3.8, 4) is 5.75 Å². The van der Waals surface area contributed by atoms with Gasteiger partial charge in [-0.3, -0.25) is 9.59 Å². The SMILES string of the molecule is NC(=O)C1CCc2cc(OS(=O)(=O)c3ccc4[nH]c(=O)cc(C(F)(F)F)c4c3)ccc21. The molecule has 0 spiro atoms. The van der Waals surface area contributed by atoms with E-state index < -0.39 is 49.5 Å². The van der Waals surface area contributed by atoms with Gasteiger partial charge in [-0.2, -0.15) is 21.6 Å². The zero-order chi connectivity index (χ0) is 22.6. The number of pyridine rings is 1. The molecule has 1 aromatic heterocycles. The topological polar surface area (TPSA) is 119 Å². The Hall–Kier alpha value is -3.34. The summed E-state index contributed by atoms with van der Waals surface area (Å²) < 4.78 is 70.5. The number of carbonyl (C=O) groups excluding carboxylic acids is 1. The van der Waals surface area contributed by atoms with Crippen molar-refractivity contribution in [3.63, 3.8) is 0 Å². The number of halogens is 3. The predicted molar refractivity (Wildman–Crippen MR) is 104 cm³/mol. The van der Waals surface area contributed by atoms with Crippen LogP contribution in [0.15, 0.2) is 52.2 Å². The van der Waals surface area contributed by atoms with Crippen molar-refractivity contribution in [2.75, 3.05) is 0 Å². The Morgan fingerprint density at radius 2 is 1.87 bits per heavy atom. The molecule has 1 amide bonds. The second kappa shape index (κ2) is 7.12. The van der Waals surface area contributed by atoms with Gasteiger partial charge in [-0.25, -0.2) is 0 Å². The van der Waals surface area contributed by atoms with E-state index in [-0.39, 0.29) is 11.3 Å². The van der Waals surface area contributed by atoms with E-state index in [1.54, 1.807) is 6.07 Å². The van der Waals surface area contributed by atoms with E-state index in [9.17, 15) is 31.2 Å². The fraction of sp³-hybridized carbons (Fsp3) is 0.200. The summed E-state index contributed by atoms with van der Waals surface area (Å²) in [5.41, 5.74) is 4.40. The molecule has 0 saturated carbocycles. The van der Waals surface area contributed by atoms with Crippen LogP contribution < -0.4 is 15.5 Å². The summed E-state index contributed by atoms with van der Waals surface area (Å²) in [6.07, 6.45) is -3.84. The van der Waals surface area contributed by atoms with Crippen molar-refractivity contribution in [3.05, 3.63) is 69.5 Å². The number of nitrogens with one attached hydrogen (secondary N) is 1. The molecule has 0 bridgehead atoms. The number of nitrogens with two attached hydrogens (primary N) is 1. The fourth-order valence-electron chi connectivity index (χ4n) is 3.74. The summed E-state index contributed by atoms with van der Waals surface area (Å²) in [7, 11) is -4.48. The van der Waals surface area contributed by atoms with Crippen molar-refractivity contribution in [2.45, 2.75) is 29.8 Å². The summed E-state index contributed by atoms with van der Waals surface area (Å²) in [4.78, 5) is 24.7. The van der Waals surface area contributed by atoms with Crippen molar-refractivity contribution >= 4 is 26.9 Å². The van der Waals surface area contributed by atoms with Crippen LogP contribution in [0.25, 0.3) is 10.9 Å². The van der Waals surface area contributed by atoms with E-state index in [2.05, 4.69) is 4.98 Å². The van der Waals surface area contributed by atoms with E-state index in [0.29, 0.717) is 30.0 Å². The number of aromatic nitrogens is 1. The van der Waals surface area contributed by atoms with Crippen molar-refractivity contribution in [2.24, 2.45) is 5.73 Å². The number of carbonyl (C=O) groups is 1. The van der Waals surface area contributed by atoms with Crippen molar-refractivity contribution in [1.29, 1.82) is 0 Å². The second-order valence-corrected chi connectivity index (χ2v) is 8.69. The number of fused-ring (bicyclic) bond motifs is 2. The number of rotatable bonds is 4. The maximum Gasteiger partial charge on any atom is 0.417 e. The van der Waals surface area contributed by atoms with Crippen LogP contribution in [0.4, 0.5) is 13.2 Å². The summed E-state index contributed by atoms with van der Waals surface area (Å²) in [5, 5.41) is -0.477. The van der Waals surface area contributed by atoms with Gasteiger partial charge in [0.2, 0.25) is 11.5 Å². The maximum atomic E-state index is 13.3. The van der Waals surface area contributed by atoms with Gasteiger partial charge in [-0.15, -0.1) is 0 Å². The number of hydrogen-bond acceptors (Lipinski definition) is 5. The number of amides is 1. The first-order chi connectivity index (χ1) is 14.5. The average molecular weight is 452 g/mol. The first kappa shape index (κ1) is 20.9. The van der Waals surface area contributed by atoms with E-state index in [1.165, 1.54) is 12.1 Å². The third-order valence-electron chi connectivity index (χ3n) is 5.15. The van der Waals surface area contributed by atoms with Crippen LogP contribution in [0.3, 0.4) is 0 Å². The molecule has 0 radical (unpaired) electrons. The van der Waals surface area contributed by atoms with Gasteiger partial charge in [0.15, 0.2) is 0 Å². The average Bonchev–Trinajstić information content (AvgIpc) is 3.09. The Morgan fingerprint density at radius 1 is 1.13 bits per heavy atom. The van der Waals surface area contributed by atoms with Crippen LogP contribution in [0.5, 0.6) is 5.75 Å². The van der Waals surface area contributed by atoms with Crippen LogP contribution in [0, 0.1) is 0 Å². The molecule has 1 unspecified atom stereocenters. The van der Waals surface area contributed by atoms with E-state index in [0.717, 1.165) is 18.2 Å². The second-order valence-electron chi connectivity index (χ2n) is 7.14. The molecule has 3 N–H and O–H groups in total. The van der Waals surface area contributed by atoms with Crippen molar-refractivity contribution in [1.82, 2.24) is 4.98 Å². The van der Waals surface area contributed by atoms with Gasteiger partial charge in [0.25, 0.3) is 0 Å². The van der Waals surface area contributed by atoms with Gasteiger partial charge >= 0.3 is 16.3 Å². The number of H-pyrrole nitrogens is 1. The fourth-order valence-corrected chi connectivity index (χ4v) is 4.69. The molecule has 1 heterocycles. The Morgan fingerprint density at radius 3 is 2.55 bits per heavy atom. The lowest BCUT2D eigenvalue weighted by Gasteiger charge is -2.13. The number of alkyl halides is 3. The zero-order valence-corrected chi connectivity index (χ0v) is 16.5. The van der Waals surface area contributed by atoms with Gasteiger partial charge in [-0.1, -0.05) is 6.07 Å². The van der Waals surface area contributed by atoms with Gasteiger partial charge in [0, 0.05) is 17.0 Å². The Balaban J connectivity index is 1.72. The summed E-state index contributed by atoms with van der Waals surface area (Å²) in [6, 6.07) is 7.67. The number of primary amides is 1. The van der Waals surface area contributed by atoms with Gasteiger partial charge in [0.1, 0.15) is 10.6 Å². The molecule has 31 heavy (non-hydrogen) atoms. The lowest BCUT2D eigenvalue weighted by molar-refractivity contribution is -0.136. The number of aromatic amines is 1. The predicted octanol–water partition coefficient (Wildman–Crippen LogP) is 2.83. The number of aryl methyl sites for hydroxylation is 1. The highest BCUT2D eigenvalue weighted by atomic mass is 32.2. The molecule has 1 aliphatic carbocycles. The quantitative estimate of drug-likeness (QED) is 0.590. The third kappa shape index (κ3) is 3.88. The van der Waals surface area contributed by atoms with Crippen LogP contribution in [0.1, 0.15) is 29.0 Å². The molecular weight excluding hydrogens is 437 g/mol. The zero-order valence-electron chi connectivity index (χ0n) is 15.7.